The lowest BCUT2D eigenvalue weighted by Gasteiger charge is -2.12. The lowest BCUT2D eigenvalue weighted by molar-refractivity contribution is -0.0501. The van der Waals surface area contributed by atoms with Crippen molar-refractivity contribution < 1.29 is 25.8 Å². The number of aromatic nitrogens is 2. The summed E-state index contributed by atoms with van der Waals surface area (Å²) in [6, 6.07) is 5.52. The third-order valence-electron chi connectivity index (χ3n) is 2.61. The summed E-state index contributed by atoms with van der Waals surface area (Å²) in [4.78, 5) is 11.9. The maximum Gasteiger partial charge on any atom is 0.534 e. The van der Waals surface area contributed by atoms with Crippen LogP contribution in [-0.2, 0) is 16.7 Å². The van der Waals surface area contributed by atoms with Crippen LogP contribution in [0.15, 0.2) is 29.1 Å². The van der Waals surface area contributed by atoms with Crippen molar-refractivity contribution in [3.8, 4) is 5.88 Å². The van der Waals surface area contributed by atoms with Crippen LogP contribution in [0.3, 0.4) is 0 Å². The summed E-state index contributed by atoms with van der Waals surface area (Å²) in [5.41, 5.74) is -6.13. The number of halogens is 3. The second-order valence-corrected chi connectivity index (χ2v) is 5.49. The van der Waals surface area contributed by atoms with Gasteiger partial charge in [-0.05, 0) is 19.1 Å². The number of rotatable bonds is 3. The summed E-state index contributed by atoms with van der Waals surface area (Å²) in [5.74, 6) is -0.788. The largest absolute Gasteiger partial charge is 0.534 e. The lowest BCUT2D eigenvalue weighted by atomic mass is 10.2. The molecule has 2 rings (SSSR count). The summed E-state index contributed by atoms with van der Waals surface area (Å²) < 4.78 is 64.1. The Morgan fingerprint density at radius 3 is 2.33 bits per heavy atom. The minimum atomic E-state index is -5.86. The third-order valence-corrected chi connectivity index (χ3v) is 3.55. The van der Waals surface area contributed by atoms with E-state index < -0.39 is 27.1 Å². The molecular weight excluding hydrogens is 313 g/mol. The summed E-state index contributed by atoms with van der Waals surface area (Å²) in [7, 11) is -5.86. The number of fused-ring (bicyclic) bond motifs is 1. The summed E-state index contributed by atoms with van der Waals surface area (Å²) in [6.07, 6.45) is 0. The number of hydrogen-bond donors (Lipinski definition) is 0. The molecule has 0 atom stereocenters. The molecule has 21 heavy (non-hydrogen) atoms. The molecule has 0 saturated heterocycles. The van der Waals surface area contributed by atoms with Gasteiger partial charge in [0, 0.05) is 6.54 Å². The molecule has 1 heterocycles. The molecule has 2 aromatic rings. The second-order valence-electron chi connectivity index (χ2n) is 3.95. The van der Waals surface area contributed by atoms with E-state index in [4.69, 9.17) is 0 Å². The van der Waals surface area contributed by atoms with Crippen LogP contribution < -0.4 is 9.74 Å². The molecule has 0 radical (unpaired) electrons. The van der Waals surface area contributed by atoms with Gasteiger partial charge >= 0.3 is 15.6 Å². The van der Waals surface area contributed by atoms with Crippen LogP contribution in [0.1, 0.15) is 6.92 Å². The van der Waals surface area contributed by atoms with Gasteiger partial charge in [-0.3, -0.25) is 4.79 Å². The minimum Gasteiger partial charge on any atom is -0.353 e. The molecule has 10 heteroatoms. The highest BCUT2D eigenvalue weighted by molar-refractivity contribution is 7.88. The van der Waals surface area contributed by atoms with E-state index in [9.17, 15) is 26.4 Å². The highest BCUT2D eigenvalue weighted by Crippen LogP contribution is 2.28. The van der Waals surface area contributed by atoms with Gasteiger partial charge in [0.2, 0.25) is 0 Å². The summed E-state index contributed by atoms with van der Waals surface area (Å²) >= 11 is 0. The van der Waals surface area contributed by atoms with Gasteiger partial charge in [-0.2, -0.15) is 21.6 Å². The van der Waals surface area contributed by atoms with Gasteiger partial charge in [0.25, 0.3) is 11.4 Å². The second kappa shape index (κ2) is 5.02. The normalized spacial score (nSPS) is 12.6. The van der Waals surface area contributed by atoms with Crippen LogP contribution >= 0.6 is 0 Å². The van der Waals surface area contributed by atoms with Crippen LogP contribution in [0.25, 0.3) is 10.8 Å². The molecule has 0 aliphatic carbocycles. The Morgan fingerprint density at radius 2 is 1.81 bits per heavy atom. The van der Waals surface area contributed by atoms with Crippen molar-refractivity contribution in [1.29, 1.82) is 0 Å². The Morgan fingerprint density at radius 1 is 1.24 bits per heavy atom. The molecule has 0 N–H and O–H groups in total. The number of aryl methyl sites for hydroxylation is 1. The molecule has 6 nitrogen and oxygen atoms in total. The fraction of sp³-hybridized carbons (Fsp3) is 0.273. The quantitative estimate of drug-likeness (QED) is 0.634. The zero-order chi connectivity index (χ0) is 15.8. The van der Waals surface area contributed by atoms with Crippen molar-refractivity contribution in [2.24, 2.45) is 0 Å². The van der Waals surface area contributed by atoms with Crippen molar-refractivity contribution in [1.82, 2.24) is 9.78 Å². The Balaban J connectivity index is 2.71. The van der Waals surface area contributed by atoms with Crippen molar-refractivity contribution in [2.75, 3.05) is 0 Å². The number of benzene rings is 1. The highest BCUT2D eigenvalue weighted by atomic mass is 32.2. The Labute approximate surface area is 116 Å². The monoisotopic (exact) mass is 322 g/mol. The standard InChI is InChI=1S/C11H9F3N2O4S/c1-2-16-10(17)8-6-4-3-5-7(8)9(15-16)20-21(18,19)11(12,13)14/h3-6H,2H2,1H3. The van der Waals surface area contributed by atoms with Crippen LogP contribution in [0.5, 0.6) is 5.88 Å². The molecule has 0 bridgehead atoms. The summed E-state index contributed by atoms with van der Waals surface area (Å²) in [6.45, 7) is 1.58. The predicted molar refractivity (Wildman–Crippen MR) is 67.3 cm³/mol. The van der Waals surface area contributed by atoms with Gasteiger partial charge in [-0.25, -0.2) is 4.68 Å². The topological polar surface area (TPSA) is 78.3 Å². The SMILES string of the molecule is CCn1nc(OS(=O)(=O)C(F)(F)F)c2ccccc2c1=O. The molecule has 0 amide bonds. The van der Waals surface area contributed by atoms with E-state index in [0.717, 1.165) is 4.68 Å². The number of alkyl halides is 3. The first-order valence-corrected chi connectivity index (χ1v) is 7.09. The van der Waals surface area contributed by atoms with Gasteiger partial charge in [-0.15, -0.1) is 5.10 Å². The maximum atomic E-state index is 12.4. The molecule has 0 aliphatic heterocycles. The van der Waals surface area contributed by atoms with E-state index in [2.05, 4.69) is 9.28 Å². The van der Waals surface area contributed by atoms with Gasteiger partial charge in [0.1, 0.15) is 0 Å². The first-order valence-electron chi connectivity index (χ1n) is 5.68. The van der Waals surface area contributed by atoms with Crippen LogP contribution in [0.4, 0.5) is 13.2 Å². The molecule has 0 spiro atoms. The average Bonchev–Trinajstić information content (AvgIpc) is 2.40. The van der Waals surface area contributed by atoms with Crippen LogP contribution in [0.2, 0.25) is 0 Å². The van der Waals surface area contributed by atoms with E-state index in [0.29, 0.717) is 0 Å². The molecule has 0 unspecified atom stereocenters. The molecule has 0 saturated carbocycles. The Kier molecular flexibility index (Phi) is 3.66. The van der Waals surface area contributed by atoms with Crippen molar-refractivity contribution in [2.45, 2.75) is 19.0 Å². The van der Waals surface area contributed by atoms with Crippen molar-refractivity contribution in [3.63, 3.8) is 0 Å². The van der Waals surface area contributed by atoms with E-state index in [-0.39, 0.29) is 17.3 Å². The van der Waals surface area contributed by atoms with E-state index in [1.807, 2.05) is 0 Å². The molecular formula is C11H9F3N2O4S. The average molecular weight is 322 g/mol. The maximum absolute atomic E-state index is 12.4. The fourth-order valence-corrected chi connectivity index (χ4v) is 2.06. The van der Waals surface area contributed by atoms with E-state index in [1.54, 1.807) is 0 Å². The zero-order valence-corrected chi connectivity index (χ0v) is 11.4. The Hall–Kier alpha value is -2.10. The van der Waals surface area contributed by atoms with E-state index >= 15 is 0 Å². The predicted octanol–water partition coefficient (Wildman–Crippen LogP) is 1.64. The smallest absolute Gasteiger partial charge is 0.353 e. The van der Waals surface area contributed by atoms with Crippen LogP contribution in [0, 0.1) is 0 Å². The number of nitrogens with zero attached hydrogens (tertiary/aromatic N) is 2. The molecule has 0 aliphatic rings. The zero-order valence-electron chi connectivity index (χ0n) is 10.6. The third kappa shape index (κ3) is 2.71. The van der Waals surface area contributed by atoms with Gasteiger partial charge in [-0.1, -0.05) is 12.1 Å². The van der Waals surface area contributed by atoms with Crippen molar-refractivity contribution in [3.05, 3.63) is 34.6 Å². The highest BCUT2D eigenvalue weighted by Gasteiger charge is 2.49. The first-order chi connectivity index (χ1) is 9.67. The molecule has 1 aromatic carbocycles. The van der Waals surface area contributed by atoms with E-state index in [1.165, 1.54) is 31.2 Å². The van der Waals surface area contributed by atoms with Crippen LogP contribution in [-0.4, -0.2) is 23.7 Å². The van der Waals surface area contributed by atoms with Gasteiger partial charge in [0.05, 0.1) is 10.8 Å². The lowest BCUT2D eigenvalue weighted by Crippen LogP contribution is -2.30. The van der Waals surface area contributed by atoms with Gasteiger partial charge < -0.3 is 4.18 Å². The minimum absolute atomic E-state index is 0.0155. The first kappa shape index (κ1) is 15.3. The Bertz CT molecular complexity index is 843. The molecule has 0 fully saturated rings. The summed E-state index contributed by atoms with van der Waals surface area (Å²) in [5, 5.41) is 3.42. The van der Waals surface area contributed by atoms with Gasteiger partial charge in [0.15, 0.2) is 0 Å². The van der Waals surface area contributed by atoms with Crippen molar-refractivity contribution >= 4 is 20.9 Å². The number of hydrogen-bond acceptors (Lipinski definition) is 5. The fourth-order valence-electron chi connectivity index (χ4n) is 1.63. The molecule has 1 aromatic heterocycles. The molecule has 114 valence electrons.